The topological polar surface area (TPSA) is 51.0 Å². The van der Waals surface area contributed by atoms with Crippen LogP contribution < -0.4 is 5.32 Å². The number of hydrogen-bond donors (Lipinski definition) is 1. The molecule has 0 spiro atoms. The predicted octanol–water partition coefficient (Wildman–Crippen LogP) is 1.95. The van der Waals surface area contributed by atoms with Gasteiger partial charge in [-0.1, -0.05) is 6.92 Å². The van der Waals surface area contributed by atoms with Crippen LogP contribution in [0.1, 0.15) is 44.4 Å². The van der Waals surface area contributed by atoms with E-state index < -0.39 is 0 Å². The fraction of sp³-hybridized carbons (Fsp3) is 0.833. The van der Waals surface area contributed by atoms with Gasteiger partial charge in [0.15, 0.2) is 0 Å². The van der Waals surface area contributed by atoms with Crippen molar-refractivity contribution < 1.29 is 4.42 Å². The molecule has 0 radical (unpaired) electrons. The van der Waals surface area contributed by atoms with Crippen LogP contribution >= 0.6 is 0 Å². The Morgan fingerprint density at radius 1 is 1.25 bits per heavy atom. The highest BCUT2D eigenvalue weighted by atomic mass is 16.4. The molecule has 1 fully saturated rings. The minimum Gasteiger partial charge on any atom is -0.425 e. The number of nitrogens with zero attached hydrogens (tertiary/aromatic N) is 2. The number of hydrogen-bond acceptors (Lipinski definition) is 4. The molecule has 0 aliphatic heterocycles. The second kappa shape index (κ2) is 5.99. The SMILES string of the molecule is CCCNCCCc1nnc(CC2CC2)o1. The molecule has 0 atom stereocenters. The van der Waals surface area contributed by atoms with E-state index in [-0.39, 0.29) is 0 Å². The number of aromatic nitrogens is 2. The highest BCUT2D eigenvalue weighted by Crippen LogP contribution is 2.32. The fourth-order valence-corrected chi connectivity index (χ4v) is 1.71. The lowest BCUT2D eigenvalue weighted by molar-refractivity contribution is 0.434. The molecule has 4 nitrogen and oxygen atoms in total. The molecule has 1 aliphatic carbocycles. The monoisotopic (exact) mass is 223 g/mol. The zero-order valence-corrected chi connectivity index (χ0v) is 10.0. The van der Waals surface area contributed by atoms with Gasteiger partial charge < -0.3 is 9.73 Å². The summed E-state index contributed by atoms with van der Waals surface area (Å²) in [4.78, 5) is 0. The maximum atomic E-state index is 5.59. The van der Waals surface area contributed by atoms with Crippen LogP contribution in [0.4, 0.5) is 0 Å². The summed E-state index contributed by atoms with van der Waals surface area (Å²) in [5.74, 6) is 2.45. The Labute approximate surface area is 96.8 Å². The number of aryl methyl sites for hydroxylation is 1. The van der Waals surface area contributed by atoms with Crippen molar-refractivity contribution in [2.75, 3.05) is 13.1 Å². The van der Waals surface area contributed by atoms with Gasteiger partial charge in [-0.05, 0) is 44.7 Å². The third kappa shape index (κ3) is 3.93. The molecule has 0 aromatic carbocycles. The molecule has 1 aliphatic rings. The second-order valence-electron chi connectivity index (χ2n) is 4.59. The van der Waals surface area contributed by atoms with Gasteiger partial charge in [0.1, 0.15) is 0 Å². The van der Waals surface area contributed by atoms with Crippen molar-refractivity contribution in [3.63, 3.8) is 0 Å². The van der Waals surface area contributed by atoms with Gasteiger partial charge in [-0.25, -0.2) is 0 Å². The zero-order chi connectivity index (χ0) is 11.2. The van der Waals surface area contributed by atoms with Gasteiger partial charge in [0.2, 0.25) is 11.8 Å². The van der Waals surface area contributed by atoms with E-state index in [1.165, 1.54) is 19.3 Å². The molecule has 1 N–H and O–H groups in total. The smallest absolute Gasteiger partial charge is 0.216 e. The van der Waals surface area contributed by atoms with E-state index in [9.17, 15) is 0 Å². The standard InChI is InChI=1S/C12H21N3O/c1-2-7-13-8-3-4-11-14-15-12(16-11)9-10-5-6-10/h10,13H,2-9H2,1H3. The maximum Gasteiger partial charge on any atom is 0.216 e. The lowest BCUT2D eigenvalue weighted by atomic mass is 10.3. The van der Waals surface area contributed by atoms with Gasteiger partial charge in [-0.3, -0.25) is 0 Å². The molecule has 1 saturated carbocycles. The highest BCUT2D eigenvalue weighted by molar-refractivity contribution is 4.88. The van der Waals surface area contributed by atoms with Crippen molar-refractivity contribution in [2.45, 2.75) is 45.4 Å². The molecule has 16 heavy (non-hydrogen) atoms. The molecule has 2 rings (SSSR count). The average Bonchev–Trinajstić information content (AvgIpc) is 2.98. The fourth-order valence-electron chi connectivity index (χ4n) is 1.71. The summed E-state index contributed by atoms with van der Waals surface area (Å²) in [7, 11) is 0. The lowest BCUT2D eigenvalue weighted by Gasteiger charge is -1.99. The van der Waals surface area contributed by atoms with Crippen molar-refractivity contribution in [3.8, 4) is 0 Å². The number of nitrogens with one attached hydrogen (secondary N) is 1. The summed E-state index contributed by atoms with van der Waals surface area (Å²) in [5, 5.41) is 11.5. The summed E-state index contributed by atoms with van der Waals surface area (Å²) in [6.07, 6.45) is 6.81. The van der Waals surface area contributed by atoms with Crippen molar-refractivity contribution in [1.82, 2.24) is 15.5 Å². The van der Waals surface area contributed by atoms with Gasteiger partial charge >= 0.3 is 0 Å². The summed E-state index contributed by atoms with van der Waals surface area (Å²) in [5.41, 5.74) is 0. The van der Waals surface area contributed by atoms with E-state index in [4.69, 9.17) is 4.42 Å². The first kappa shape index (κ1) is 11.6. The first-order valence-corrected chi connectivity index (χ1v) is 6.40. The largest absolute Gasteiger partial charge is 0.425 e. The predicted molar refractivity (Wildman–Crippen MR) is 62.2 cm³/mol. The first-order valence-electron chi connectivity index (χ1n) is 6.40. The van der Waals surface area contributed by atoms with Crippen molar-refractivity contribution >= 4 is 0 Å². The number of rotatable bonds is 8. The maximum absolute atomic E-state index is 5.59. The van der Waals surface area contributed by atoms with E-state index in [1.807, 2.05) is 0 Å². The summed E-state index contributed by atoms with van der Waals surface area (Å²) < 4.78 is 5.59. The van der Waals surface area contributed by atoms with Gasteiger partial charge in [0.05, 0.1) is 0 Å². The van der Waals surface area contributed by atoms with Gasteiger partial charge in [-0.2, -0.15) is 0 Å². The second-order valence-corrected chi connectivity index (χ2v) is 4.59. The summed E-state index contributed by atoms with van der Waals surface area (Å²) in [6.45, 7) is 4.31. The van der Waals surface area contributed by atoms with Crippen LogP contribution in [-0.4, -0.2) is 23.3 Å². The molecule has 4 heteroatoms. The van der Waals surface area contributed by atoms with Crippen LogP contribution in [-0.2, 0) is 12.8 Å². The van der Waals surface area contributed by atoms with E-state index in [2.05, 4.69) is 22.4 Å². The molecule has 0 unspecified atom stereocenters. The summed E-state index contributed by atoms with van der Waals surface area (Å²) >= 11 is 0. The van der Waals surface area contributed by atoms with Gasteiger partial charge in [0.25, 0.3) is 0 Å². The Hall–Kier alpha value is -0.900. The molecule has 0 saturated heterocycles. The van der Waals surface area contributed by atoms with E-state index >= 15 is 0 Å². The zero-order valence-electron chi connectivity index (χ0n) is 10.0. The van der Waals surface area contributed by atoms with Crippen LogP contribution in [0.25, 0.3) is 0 Å². The molecule has 1 aromatic rings. The minimum atomic E-state index is 0.800. The van der Waals surface area contributed by atoms with Crippen LogP contribution in [0.5, 0.6) is 0 Å². The van der Waals surface area contributed by atoms with E-state index in [0.29, 0.717) is 0 Å². The van der Waals surface area contributed by atoms with E-state index in [1.54, 1.807) is 0 Å². The molecular weight excluding hydrogens is 202 g/mol. The average molecular weight is 223 g/mol. The molecule has 1 aromatic heterocycles. The summed E-state index contributed by atoms with van der Waals surface area (Å²) in [6, 6.07) is 0. The third-order valence-electron chi connectivity index (χ3n) is 2.84. The first-order chi connectivity index (χ1) is 7.88. The normalized spacial score (nSPS) is 15.6. The Morgan fingerprint density at radius 2 is 2.06 bits per heavy atom. The van der Waals surface area contributed by atoms with Crippen molar-refractivity contribution in [1.29, 1.82) is 0 Å². The van der Waals surface area contributed by atoms with Crippen LogP contribution in [0.15, 0.2) is 4.42 Å². The molecule has 1 heterocycles. The van der Waals surface area contributed by atoms with Crippen LogP contribution in [0.3, 0.4) is 0 Å². The Bertz CT molecular complexity index is 307. The van der Waals surface area contributed by atoms with Gasteiger partial charge in [-0.15, -0.1) is 10.2 Å². The van der Waals surface area contributed by atoms with Crippen molar-refractivity contribution in [3.05, 3.63) is 11.8 Å². The minimum absolute atomic E-state index is 0.800. The molecule has 0 bridgehead atoms. The molecule has 90 valence electrons. The highest BCUT2D eigenvalue weighted by Gasteiger charge is 2.24. The Balaban J connectivity index is 1.62. The third-order valence-corrected chi connectivity index (χ3v) is 2.84. The molecular formula is C12H21N3O. The molecule has 0 amide bonds. The van der Waals surface area contributed by atoms with Crippen LogP contribution in [0, 0.1) is 5.92 Å². The van der Waals surface area contributed by atoms with Crippen LogP contribution in [0.2, 0.25) is 0 Å². The Kier molecular flexibility index (Phi) is 4.34. The quantitative estimate of drug-likeness (QED) is 0.684. The Morgan fingerprint density at radius 3 is 2.81 bits per heavy atom. The van der Waals surface area contributed by atoms with Gasteiger partial charge in [0, 0.05) is 12.8 Å². The lowest BCUT2D eigenvalue weighted by Crippen LogP contribution is -2.16. The van der Waals surface area contributed by atoms with Crippen molar-refractivity contribution in [2.24, 2.45) is 5.92 Å². The van der Waals surface area contributed by atoms with E-state index in [0.717, 1.165) is 50.1 Å².